The lowest BCUT2D eigenvalue weighted by Gasteiger charge is -2.33. The molecule has 5 heterocycles. The summed E-state index contributed by atoms with van der Waals surface area (Å²) < 4.78 is 9.00. The Balaban J connectivity index is 1.55. The van der Waals surface area contributed by atoms with E-state index in [-0.39, 0.29) is 17.8 Å². The Hall–Kier alpha value is -3.75. The molecule has 5 rings (SSSR count). The van der Waals surface area contributed by atoms with E-state index in [1.807, 2.05) is 62.7 Å². The fraction of sp³-hybridized carbons (Fsp3) is 0.423. The van der Waals surface area contributed by atoms with Crippen LogP contribution >= 0.6 is 0 Å². The van der Waals surface area contributed by atoms with E-state index >= 15 is 0 Å². The molecular weight excluding hydrogens is 444 g/mol. The van der Waals surface area contributed by atoms with E-state index in [2.05, 4.69) is 9.97 Å². The second-order valence-corrected chi connectivity index (χ2v) is 10.2. The smallest absolute Gasteiger partial charge is 0.410 e. The van der Waals surface area contributed by atoms with Crippen LogP contribution in [0.1, 0.15) is 45.3 Å². The molecule has 0 saturated carbocycles. The van der Waals surface area contributed by atoms with Gasteiger partial charge in [0.15, 0.2) is 0 Å². The number of pyridine rings is 3. The number of aryl methyl sites for hydroxylation is 2. The minimum absolute atomic E-state index is 0.0537. The van der Waals surface area contributed by atoms with Crippen molar-refractivity contribution >= 4 is 28.2 Å². The lowest BCUT2D eigenvalue weighted by molar-refractivity contribution is 0.0188. The van der Waals surface area contributed by atoms with Crippen molar-refractivity contribution < 1.29 is 9.53 Å². The maximum atomic E-state index is 13.4. The largest absolute Gasteiger partial charge is 0.444 e. The molecule has 35 heavy (non-hydrogen) atoms. The first-order valence-electron chi connectivity index (χ1n) is 11.9. The lowest BCUT2D eigenvalue weighted by atomic mass is 10.0. The summed E-state index contributed by atoms with van der Waals surface area (Å²) in [7, 11) is 1.76. The van der Waals surface area contributed by atoms with Crippen molar-refractivity contribution in [3.8, 4) is 11.3 Å². The summed E-state index contributed by atoms with van der Waals surface area (Å²) in [5.41, 5.74) is 4.92. The number of likely N-dealkylation sites (tertiary alicyclic amines) is 1. The van der Waals surface area contributed by atoms with Gasteiger partial charge in [-0.25, -0.2) is 14.6 Å². The first-order chi connectivity index (χ1) is 16.6. The van der Waals surface area contributed by atoms with Crippen LogP contribution in [0.15, 0.2) is 41.5 Å². The van der Waals surface area contributed by atoms with Crippen LogP contribution in [0.3, 0.4) is 0 Å². The fourth-order valence-electron chi connectivity index (χ4n) is 4.64. The van der Waals surface area contributed by atoms with Crippen LogP contribution in [-0.2, 0) is 11.8 Å². The number of aromatic nitrogens is 5. The number of imidazole rings is 1. The van der Waals surface area contributed by atoms with Gasteiger partial charge in [-0.1, -0.05) is 0 Å². The number of carbonyl (C=O) groups excluding carboxylic acids is 1. The molecule has 182 valence electrons. The van der Waals surface area contributed by atoms with Crippen molar-refractivity contribution in [3.63, 3.8) is 0 Å². The van der Waals surface area contributed by atoms with Gasteiger partial charge in [0, 0.05) is 43.6 Å². The Bertz CT molecular complexity index is 1470. The van der Waals surface area contributed by atoms with E-state index in [4.69, 9.17) is 9.72 Å². The van der Waals surface area contributed by atoms with Gasteiger partial charge in [0.2, 0.25) is 0 Å². The van der Waals surface area contributed by atoms with Crippen molar-refractivity contribution in [3.05, 3.63) is 52.8 Å². The lowest BCUT2D eigenvalue weighted by Crippen LogP contribution is -2.43. The van der Waals surface area contributed by atoms with Crippen LogP contribution in [0.25, 0.3) is 33.3 Å². The quantitative estimate of drug-likeness (QED) is 0.432. The maximum absolute atomic E-state index is 13.4. The number of rotatable bonds is 2. The third-order valence-electron chi connectivity index (χ3n) is 6.45. The molecule has 1 aliphatic heterocycles. The number of fused-ring (bicyclic) bond motifs is 3. The highest BCUT2D eigenvalue weighted by molar-refractivity contribution is 6.00. The molecule has 0 bridgehead atoms. The number of piperidine rings is 1. The van der Waals surface area contributed by atoms with E-state index < -0.39 is 5.60 Å². The van der Waals surface area contributed by atoms with Crippen LogP contribution in [-0.4, -0.2) is 53.8 Å². The van der Waals surface area contributed by atoms with Crippen molar-refractivity contribution in [1.29, 1.82) is 0 Å². The number of nitrogens with zero attached hydrogens (tertiary/aromatic N) is 6. The van der Waals surface area contributed by atoms with Crippen LogP contribution < -0.4 is 5.69 Å². The van der Waals surface area contributed by atoms with Crippen molar-refractivity contribution in [1.82, 2.24) is 29.0 Å². The molecule has 1 fully saturated rings. The van der Waals surface area contributed by atoms with Gasteiger partial charge in [-0.05, 0) is 64.8 Å². The van der Waals surface area contributed by atoms with Crippen LogP contribution in [0, 0.1) is 6.92 Å². The second-order valence-electron chi connectivity index (χ2n) is 10.2. The average molecular weight is 475 g/mol. The zero-order valence-corrected chi connectivity index (χ0v) is 20.8. The number of carbonyl (C=O) groups is 1. The van der Waals surface area contributed by atoms with Gasteiger partial charge in [-0.2, -0.15) is 0 Å². The molecule has 0 radical (unpaired) electrons. The molecule has 4 aromatic rings. The molecule has 0 atom stereocenters. The van der Waals surface area contributed by atoms with Gasteiger partial charge in [0.1, 0.15) is 11.1 Å². The summed E-state index contributed by atoms with van der Waals surface area (Å²) in [4.78, 5) is 41.5. The summed E-state index contributed by atoms with van der Waals surface area (Å²) in [5.74, 6) is 0. The predicted octanol–water partition coefficient (Wildman–Crippen LogP) is 4.23. The SMILES string of the molecule is Cc1ccc(-c2ccc3ncc4c(c3n2)n(C2CCN(C(=O)OC(C)(C)C)CC2)c(=O)n4C)cn1. The standard InChI is InChI=1S/C26H30N6O3/c1-16-6-7-17(14-27-16)19-8-9-20-22(29-19)23-21(15-28-20)30(5)24(33)32(23)18-10-12-31(13-11-18)25(34)35-26(2,3)4/h6-9,14-15,18H,10-13H2,1-5H3. The fourth-order valence-corrected chi connectivity index (χ4v) is 4.64. The zero-order valence-electron chi connectivity index (χ0n) is 20.8. The topological polar surface area (TPSA) is 95.1 Å². The van der Waals surface area contributed by atoms with Crippen molar-refractivity contribution in [2.45, 2.75) is 52.2 Å². The Morgan fingerprint density at radius 1 is 1.06 bits per heavy atom. The van der Waals surface area contributed by atoms with E-state index in [1.54, 1.807) is 22.7 Å². The number of ether oxygens (including phenoxy) is 1. The van der Waals surface area contributed by atoms with E-state index in [0.717, 1.165) is 33.5 Å². The summed E-state index contributed by atoms with van der Waals surface area (Å²) in [6.07, 6.45) is 4.54. The minimum Gasteiger partial charge on any atom is -0.444 e. The average Bonchev–Trinajstić information content (AvgIpc) is 3.08. The third-order valence-corrected chi connectivity index (χ3v) is 6.45. The number of hydrogen-bond acceptors (Lipinski definition) is 6. The van der Waals surface area contributed by atoms with Crippen LogP contribution in [0.2, 0.25) is 0 Å². The second kappa shape index (κ2) is 8.48. The Morgan fingerprint density at radius 2 is 1.80 bits per heavy atom. The minimum atomic E-state index is -0.539. The van der Waals surface area contributed by atoms with Crippen molar-refractivity contribution in [2.75, 3.05) is 13.1 Å². The van der Waals surface area contributed by atoms with E-state index in [1.165, 1.54) is 0 Å². The van der Waals surface area contributed by atoms with Gasteiger partial charge >= 0.3 is 11.8 Å². The molecule has 0 N–H and O–H groups in total. The summed E-state index contributed by atoms with van der Waals surface area (Å²) in [6, 6.07) is 7.76. The highest BCUT2D eigenvalue weighted by atomic mass is 16.6. The Labute approximate surface area is 203 Å². The maximum Gasteiger partial charge on any atom is 0.410 e. The molecular formula is C26H30N6O3. The first-order valence-corrected chi connectivity index (χ1v) is 11.9. The molecule has 0 spiro atoms. The molecule has 4 aromatic heterocycles. The summed E-state index contributed by atoms with van der Waals surface area (Å²) in [6.45, 7) is 8.58. The van der Waals surface area contributed by atoms with Gasteiger partial charge in [0.25, 0.3) is 0 Å². The normalized spacial score (nSPS) is 15.2. The zero-order chi connectivity index (χ0) is 24.9. The molecule has 0 aromatic carbocycles. The van der Waals surface area contributed by atoms with E-state index in [9.17, 15) is 9.59 Å². The van der Waals surface area contributed by atoms with Gasteiger partial charge < -0.3 is 9.64 Å². The monoisotopic (exact) mass is 474 g/mol. The predicted molar refractivity (Wildman–Crippen MR) is 134 cm³/mol. The van der Waals surface area contributed by atoms with Gasteiger partial charge in [-0.15, -0.1) is 0 Å². The molecule has 1 saturated heterocycles. The molecule has 9 nitrogen and oxygen atoms in total. The summed E-state index contributed by atoms with van der Waals surface area (Å²) in [5, 5.41) is 0. The Morgan fingerprint density at radius 3 is 2.46 bits per heavy atom. The molecule has 9 heteroatoms. The van der Waals surface area contributed by atoms with Crippen molar-refractivity contribution in [2.24, 2.45) is 7.05 Å². The number of amides is 1. The van der Waals surface area contributed by atoms with Gasteiger partial charge in [0.05, 0.1) is 28.4 Å². The Kier molecular flexibility index (Phi) is 5.57. The van der Waals surface area contributed by atoms with Crippen LogP contribution in [0.4, 0.5) is 4.79 Å². The summed E-state index contributed by atoms with van der Waals surface area (Å²) >= 11 is 0. The number of hydrogen-bond donors (Lipinski definition) is 0. The van der Waals surface area contributed by atoms with Gasteiger partial charge in [-0.3, -0.25) is 19.1 Å². The highest BCUT2D eigenvalue weighted by Crippen LogP contribution is 2.30. The molecule has 1 amide bonds. The van der Waals surface area contributed by atoms with Crippen LogP contribution in [0.5, 0.6) is 0 Å². The third kappa shape index (κ3) is 4.26. The first kappa shape index (κ1) is 23.0. The van der Waals surface area contributed by atoms with E-state index in [0.29, 0.717) is 31.4 Å². The highest BCUT2D eigenvalue weighted by Gasteiger charge is 2.30. The molecule has 1 aliphatic rings. The molecule has 0 unspecified atom stereocenters. The molecule has 0 aliphatic carbocycles.